The highest BCUT2D eigenvalue weighted by Gasteiger charge is 2.23. The lowest BCUT2D eigenvalue weighted by molar-refractivity contribution is 0.0956. The Morgan fingerprint density at radius 2 is 2.15 bits per heavy atom. The number of likely N-dealkylation sites (tertiary alicyclic amines) is 1. The molecule has 0 atom stereocenters. The number of nitrogens with two attached hydrogens (primary N) is 1. The van der Waals surface area contributed by atoms with E-state index in [2.05, 4.69) is 10.3 Å². The molecule has 1 aliphatic rings. The number of amides is 1. The Hall–Kier alpha value is -1.50. The van der Waals surface area contributed by atoms with E-state index in [4.69, 9.17) is 5.84 Å². The number of hydrogen-bond donors (Lipinski definition) is 2. The smallest absolute Gasteiger partial charge is 0.275 e. The lowest BCUT2D eigenvalue weighted by Gasteiger charge is -2.15. The van der Waals surface area contributed by atoms with E-state index in [1.54, 1.807) is 6.07 Å². The van der Waals surface area contributed by atoms with Gasteiger partial charge in [0.15, 0.2) is 0 Å². The molecule has 0 spiro atoms. The van der Waals surface area contributed by atoms with Crippen molar-refractivity contribution in [3.05, 3.63) is 34.5 Å². The molecule has 1 amide bonds. The molecule has 2 aromatic rings. The van der Waals surface area contributed by atoms with Crippen LogP contribution in [0, 0.1) is 5.82 Å². The number of halogens is 1. The summed E-state index contributed by atoms with van der Waals surface area (Å²) in [5.41, 5.74) is 2.91. The number of nitrogens with zero attached hydrogens (tertiary/aromatic N) is 1. The number of nitrogens with one attached hydrogen (secondary N) is 1. The van der Waals surface area contributed by atoms with Crippen LogP contribution in [0.1, 0.15) is 28.1 Å². The van der Waals surface area contributed by atoms with Crippen molar-refractivity contribution < 1.29 is 9.18 Å². The Morgan fingerprint density at radius 1 is 1.40 bits per heavy atom. The maximum Gasteiger partial charge on any atom is 0.275 e. The quantitative estimate of drug-likeness (QED) is 0.518. The minimum absolute atomic E-state index is 0.274. The molecule has 1 aromatic carbocycles. The largest absolute Gasteiger partial charge is 0.299 e. The van der Waals surface area contributed by atoms with Crippen molar-refractivity contribution in [1.82, 2.24) is 10.3 Å². The fourth-order valence-corrected chi connectivity index (χ4v) is 3.86. The first-order chi connectivity index (χ1) is 9.70. The fourth-order valence-electron chi connectivity index (χ4n) is 2.73. The minimum Gasteiger partial charge on any atom is -0.299 e. The lowest BCUT2D eigenvalue weighted by atomic mass is 10.1. The summed E-state index contributed by atoms with van der Waals surface area (Å²) in [7, 11) is 0. The van der Waals surface area contributed by atoms with Crippen molar-refractivity contribution in [2.24, 2.45) is 5.84 Å². The maximum absolute atomic E-state index is 14.1. The second-order valence-corrected chi connectivity index (χ2v) is 6.03. The maximum atomic E-state index is 14.1. The number of thiophene rings is 1. The summed E-state index contributed by atoms with van der Waals surface area (Å²) >= 11 is 1.30. The molecular formula is C14H16FN3OS. The molecule has 3 N–H and O–H groups in total. The van der Waals surface area contributed by atoms with Gasteiger partial charge in [-0.1, -0.05) is 6.07 Å². The third-order valence-electron chi connectivity index (χ3n) is 3.68. The van der Waals surface area contributed by atoms with E-state index in [-0.39, 0.29) is 11.7 Å². The van der Waals surface area contributed by atoms with E-state index < -0.39 is 0 Å². The second kappa shape index (κ2) is 5.47. The molecule has 3 rings (SSSR count). The highest BCUT2D eigenvalue weighted by atomic mass is 32.1. The Balaban J connectivity index is 2.11. The SMILES string of the molecule is NNC(=O)c1sc2cccc(F)c2c1CN1CCCC1. The molecule has 2 heterocycles. The molecule has 0 saturated carbocycles. The van der Waals surface area contributed by atoms with Crippen LogP contribution in [0.15, 0.2) is 18.2 Å². The van der Waals surface area contributed by atoms with Crippen LogP contribution in [-0.4, -0.2) is 23.9 Å². The van der Waals surface area contributed by atoms with Gasteiger partial charge in [-0.2, -0.15) is 0 Å². The van der Waals surface area contributed by atoms with Crippen molar-refractivity contribution in [2.45, 2.75) is 19.4 Å². The summed E-state index contributed by atoms with van der Waals surface area (Å²) in [4.78, 5) is 14.7. The molecule has 0 aliphatic carbocycles. The number of carbonyl (C=O) groups excluding carboxylic acids is 1. The molecule has 20 heavy (non-hydrogen) atoms. The van der Waals surface area contributed by atoms with Gasteiger partial charge in [0.1, 0.15) is 5.82 Å². The number of hydrogen-bond acceptors (Lipinski definition) is 4. The number of carbonyl (C=O) groups is 1. The van der Waals surface area contributed by atoms with Gasteiger partial charge in [-0.25, -0.2) is 10.2 Å². The summed E-state index contributed by atoms with van der Waals surface area (Å²) in [6, 6.07) is 4.94. The molecule has 1 saturated heterocycles. The van der Waals surface area contributed by atoms with Gasteiger partial charge < -0.3 is 0 Å². The molecule has 1 aliphatic heterocycles. The normalized spacial score (nSPS) is 15.9. The van der Waals surface area contributed by atoms with E-state index in [1.807, 2.05) is 6.07 Å². The zero-order chi connectivity index (χ0) is 14.1. The van der Waals surface area contributed by atoms with Crippen LogP contribution in [0.4, 0.5) is 4.39 Å². The highest BCUT2D eigenvalue weighted by molar-refractivity contribution is 7.21. The summed E-state index contributed by atoms with van der Waals surface area (Å²) in [5, 5.41) is 0.558. The van der Waals surface area contributed by atoms with Gasteiger partial charge in [-0.05, 0) is 38.1 Å². The molecule has 106 valence electrons. The number of fused-ring (bicyclic) bond motifs is 1. The topological polar surface area (TPSA) is 58.4 Å². The predicted molar refractivity (Wildman–Crippen MR) is 77.9 cm³/mol. The first-order valence-corrected chi connectivity index (χ1v) is 7.45. The van der Waals surface area contributed by atoms with Crippen LogP contribution in [0.5, 0.6) is 0 Å². The molecule has 0 bridgehead atoms. The van der Waals surface area contributed by atoms with Crippen molar-refractivity contribution in [1.29, 1.82) is 0 Å². The first kappa shape index (κ1) is 13.5. The van der Waals surface area contributed by atoms with E-state index in [0.29, 0.717) is 16.8 Å². The van der Waals surface area contributed by atoms with Gasteiger partial charge >= 0.3 is 0 Å². The Kier molecular flexibility index (Phi) is 3.69. The molecular weight excluding hydrogens is 277 g/mol. The fraction of sp³-hybridized carbons (Fsp3) is 0.357. The van der Waals surface area contributed by atoms with Crippen LogP contribution in [0.3, 0.4) is 0 Å². The third-order valence-corrected chi connectivity index (χ3v) is 4.88. The van der Waals surface area contributed by atoms with Crippen LogP contribution in [0.2, 0.25) is 0 Å². The van der Waals surface area contributed by atoms with Crippen LogP contribution in [0.25, 0.3) is 10.1 Å². The standard InChI is InChI=1S/C14H16FN3OS/c15-10-4-3-5-11-12(10)9(8-18-6-1-2-7-18)13(20-11)14(19)17-16/h3-5H,1-2,6-8,16H2,(H,17,19). The zero-order valence-electron chi connectivity index (χ0n) is 11.0. The molecule has 1 aromatic heterocycles. The van der Waals surface area contributed by atoms with E-state index in [1.165, 1.54) is 17.4 Å². The number of hydrazine groups is 1. The molecule has 4 nitrogen and oxygen atoms in total. The average Bonchev–Trinajstić information content (AvgIpc) is 3.07. The van der Waals surface area contributed by atoms with E-state index in [9.17, 15) is 9.18 Å². The van der Waals surface area contributed by atoms with Crippen molar-refractivity contribution in [3.8, 4) is 0 Å². The molecule has 1 fully saturated rings. The summed E-state index contributed by atoms with van der Waals surface area (Å²) in [6.07, 6.45) is 2.31. The Morgan fingerprint density at radius 3 is 2.85 bits per heavy atom. The van der Waals surface area contributed by atoms with E-state index in [0.717, 1.165) is 36.2 Å². The zero-order valence-corrected chi connectivity index (χ0v) is 11.8. The summed E-state index contributed by atoms with van der Waals surface area (Å²) < 4.78 is 14.9. The highest BCUT2D eigenvalue weighted by Crippen LogP contribution is 2.34. The van der Waals surface area contributed by atoms with Crippen LogP contribution >= 0.6 is 11.3 Å². The van der Waals surface area contributed by atoms with Crippen molar-refractivity contribution >= 4 is 27.3 Å². The summed E-state index contributed by atoms with van der Waals surface area (Å²) in [6.45, 7) is 2.59. The number of nitrogen functional groups attached to an aromatic ring is 1. The molecule has 6 heteroatoms. The summed E-state index contributed by atoms with van der Waals surface area (Å²) in [5.74, 6) is 4.62. The predicted octanol–water partition coefficient (Wildman–Crippen LogP) is 2.24. The van der Waals surface area contributed by atoms with Gasteiger partial charge in [-0.3, -0.25) is 15.1 Å². The third kappa shape index (κ3) is 2.30. The Bertz CT molecular complexity index is 649. The minimum atomic E-state index is -0.347. The van der Waals surface area contributed by atoms with E-state index >= 15 is 0 Å². The van der Waals surface area contributed by atoms with Gasteiger partial charge in [-0.15, -0.1) is 11.3 Å². The Labute approximate surface area is 120 Å². The van der Waals surface area contributed by atoms with Gasteiger partial charge in [0.25, 0.3) is 5.91 Å². The number of rotatable bonds is 3. The van der Waals surface area contributed by atoms with Crippen LogP contribution in [-0.2, 0) is 6.54 Å². The van der Waals surface area contributed by atoms with Crippen molar-refractivity contribution in [2.75, 3.05) is 13.1 Å². The van der Waals surface area contributed by atoms with Gasteiger partial charge in [0.05, 0.1) is 4.88 Å². The first-order valence-electron chi connectivity index (χ1n) is 6.64. The monoisotopic (exact) mass is 293 g/mol. The molecule has 0 unspecified atom stereocenters. The van der Waals surface area contributed by atoms with Gasteiger partial charge in [0, 0.05) is 22.2 Å². The second-order valence-electron chi connectivity index (χ2n) is 4.98. The van der Waals surface area contributed by atoms with Crippen molar-refractivity contribution in [3.63, 3.8) is 0 Å². The lowest BCUT2D eigenvalue weighted by Crippen LogP contribution is -2.30. The van der Waals surface area contributed by atoms with Gasteiger partial charge in [0.2, 0.25) is 0 Å². The molecule has 0 radical (unpaired) electrons. The van der Waals surface area contributed by atoms with Crippen LogP contribution < -0.4 is 11.3 Å². The average molecular weight is 293 g/mol. The number of benzene rings is 1.